The molecule has 1 aromatic heterocycles. The highest BCUT2D eigenvalue weighted by Crippen LogP contribution is 2.19. The van der Waals surface area contributed by atoms with Crippen LogP contribution in [0.4, 0.5) is 0 Å². The molecule has 0 aliphatic rings. The number of nitrogens with zero attached hydrogens (tertiary/aromatic N) is 1. The number of aromatic nitrogens is 1. The van der Waals surface area contributed by atoms with Crippen molar-refractivity contribution in [3.05, 3.63) is 40.3 Å². The number of ether oxygens (including phenoxy) is 2. The van der Waals surface area contributed by atoms with Crippen molar-refractivity contribution in [1.82, 2.24) is 4.98 Å². The van der Waals surface area contributed by atoms with Gasteiger partial charge in [-0.05, 0) is 12.1 Å². The molecule has 0 spiro atoms. The number of hydrogen-bond acceptors (Lipinski definition) is 4. The van der Waals surface area contributed by atoms with E-state index in [0.717, 1.165) is 28.6 Å². The molecule has 0 aliphatic carbocycles. The third kappa shape index (κ3) is 3.62. The van der Waals surface area contributed by atoms with Gasteiger partial charge in [0.1, 0.15) is 11.5 Å². The van der Waals surface area contributed by atoms with Crippen LogP contribution in [0.5, 0.6) is 11.5 Å². The monoisotopic (exact) mass is 283 g/mol. The van der Waals surface area contributed by atoms with Crippen molar-refractivity contribution in [1.29, 1.82) is 0 Å². The Hall–Kier alpha value is -1.26. The third-order valence-corrected chi connectivity index (χ3v) is 3.59. The second-order valence-corrected chi connectivity index (χ2v) is 4.85. The fraction of sp³-hybridized carbons (Fsp3) is 0.308. The zero-order valence-corrected chi connectivity index (χ0v) is 11.6. The van der Waals surface area contributed by atoms with Gasteiger partial charge in [-0.3, -0.25) is 0 Å². The zero-order valence-electron chi connectivity index (χ0n) is 10.1. The van der Waals surface area contributed by atoms with E-state index in [1.54, 1.807) is 18.4 Å². The number of hydrogen-bond donors (Lipinski definition) is 0. The summed E-state index contributed by atoms with van der Waals surface area (Å²) in [6.07, 6.45) is 0.790. The molecule has 0 amide bonds. The summed E-state index contributed by atoms with van der Waals surface area (Å²) in [6, 6.07) is 7.57. The van der Waals surface area contributed by atoms with Gasteiger partial charge in [-0.25, -0.2) is 4.98 Å². The molecule has 0 fully saturated rings. The lowest BCUT2D eigenvalue weighted by atomic mass is 10.3. The molecule has 96 valence electrons. The minimum absolute atomic E-state index is 0.466. The minimum Gasteiger partial charge on any atom is -0.497 e. The van der Waals surface area contributed by atoms with E-state index in [-0.39, 0.29) is 0 Å². The van der Waals surface area contributed by atoms with Crippen LogP contribution in [0, 0.1) is 0 Å². The molecule has 0 atom stereocenters. The second kappa shape index (κ2) is 6.61. The highest BCUT2D eigenvalue weighted by Gasteiger charge is 2.02. The van der Waals surface area contributed by atoms with E-state index >= 15 is 0 Å². The van der Waals surface area contributed by atoms with Crippen LogP contribution in [0.2, 0.25) is 0 Å². The van der Waals surface area contributed by atoms with E-state index < -0.39 is 0 Å². The molecule has 0 radical (unpaired) electrons. The quantitative estimate of drug-likeness (QED) is 0.760. The molecule has 2 aromatic rings. The summed E-state index contributed by atoms with van der Waals surface area (Å²) in [6.45, 7) is 0.600. The molecule has 18 heavy (non-hydrogen) atoms. The smallest absolute Gasteiger partial charge is 0.123 e. The van der Waals surface area contributed by atoms with E-state index in [4.69, 9.17) is 21.1 Å². The summed E-state index contributed by atoms with van der Waals surface area (Å²) >= 11 is 7.32. The van der Waals surface area contributed by atoms with E-state index in [1.165, 1.54) is 0 Å². The van der Waals surface area contributed by atoms with Crippen LogP contribution in [0.1, 0.15) is 10.7 Å². The second-order valence-electron chi connectivity index (χ2n) is 3.64. The fourth-order valence-corrected chi connectivity index (χ4v) is 2.48. The van der Waals surface area contributed by atoms with Gasteiger partial charge in [-0.1, -0.05) is 6.07 Å². The van der Waals surface area contributed by atoms with Crippen LogP contribution in [-0.2, 0) is 12.3 Å². The van der Waals surface area contributed by atoms with Gasteiger partial charge in [0.15, 0.2) is 0 Å². The Bertz CT molecular complexity index is 501. The van der Waals surface area contributed by atoms with E-state index in [0.29, 0.717) is 12.5 Å². The lowest BCUT2D eigenvalue weighted by Gasteiger charge is -2.06. The van der Waals surface area contributed by atoms with Crippen LogP contribution in [0.15, 0.2) is 29.6 Å². The van der Waals surface area contributed by atoms with Crippen molar-refractivity contribution in [3.63, 3.8) is 0 Å². The van der Waals surface area contributed by atoms with Crippen LogP contribution in [0.3, 0.4) is 0 Å². The Morgan fingerprint density at radius 3 is 2.89 bits per heavy atom. The van der Waals surface area contributed by atoms with Crippen LogP contribution in [-0.4, -0.2) is 18.7 Å². The zero-order chi connectivity index (χ0) is 12.8. The molecule has 0 aliphatic heterocycles. The average Bonchev–Trinajstić information content (AvgIpc) is 2.87. The molecule has 0 unspecified atom stereocenters. The molecule has 3 nitrogen and oxygen atoms in total. The van der Waals surface area contributed by atoms with Crippen molar-refractivity contribution < 1.29 is 9.47 Å². The molecule has 2 rings (SSSR count). The first-order valence-electron chi connectivity index (χ1n) is 5.58. The summed E-state index contributed by atoms with van der Waals surface area (Å²) in [5.74, 6) is 2.07. The Kier molecular flexibility index (Phi) is 4.84. The van der Waals surface area contributed by atoms with Gasteiger partial charge in [0.2, 0.25) is 0 Å². The van der Waals surface area contributed by atoms with E-state index in [1.807, 2.05) is 29.6 Å². The van der Waals surface area contributed by atoms with Crippen molar-refractivity contribution >= 4 is 22.9 Å². The van der Waals surface area contributed by atoms with Gasteiger partial charge in [0.25, 0.3) is 0 Å². The normalized spacial score (nSPS) is 10.3. The SMILES string of the molecule is COc1cccc(OCCc2nc(CCl)cs2)c1. The number of rotatable bonds is 6. The molecule has 0 bridgehead atoms. The standard InChI is InChI=1S/C13H14ClNO2S/c1-16-11-3-2-4-12(7-11)17-6-5-13-15-10(8-14)9-18-13/h2-4,7,9H,5-6,8H2,1H3. The van der Waals surface area contributed by atoms with E-state index in [2.05, 4.69) is 4.98 Å². The first-order valence-corrected chi connectivity index (χ1v) is 6.99. The maximum absolute atomic E-state index is 5.70. The largest absolute Gasteiger partial charge is 0.497 e. The number of alkyl halides is 1. The van der Waals surface area contributed by atoms with Gasteiger partial charge < -0.3 is 9.47 Å². The Morgan fingerprint density at radius 1 is 1.33 bits per heavy atom. The lowest BCUT2D eigenvalue weighted by Crippen LogP contribution is -2.01. The number of benzene rings is 1. The highest BCUT2D eigenvalue weighted by atomic mass is 35.5. The average molecular weight is 284 g/mol. The molecule has 0 saturated carbocycles. The van der Waals surface area contributed by atoms with Crippen LogP contribution < -0.4 is 9.47 Å². The lowest BCUT2D eigenvalue weighted by molar-refractivity contribution is 0.318. The topological polar surface area (TPSA) is 31.4 Å². The summed E-state index contributed by atoms with van der Waals surface area (Å²) in [7, 11) is 1.64. The maximum Gasteiger partial charge on any atom is 0.123 e. The minimum atomic E-state index is 0.466. The van der Waals surface area contributed by atoms with Gasteiger partial charge in [-0.2, -0.15) is 0 Å². The predicted molar refractivity (Wildman–Crippen MR) is 73.9 cm³/mol. The number of thiazole rings is 1. The van der Waals surface area contributed by atoms with Gasteiger partial charge >= 0.3 is 0 Å². The van der Waals surface area contributed by atoms with Crippen LogP contribution in [0.25, 0.3) is 0 Å². The molecule has 1 aromatic carbocycles. The van der Waals surface area contributed by atoms with Crippen molar-refractivity contribution in [2.24, 2.45) is 0 Å². The highest BCUT2D eigenvalue weighted by molar-refractivity contribution is 7.09. The first kappa shape index (κ1) is 13.2. The number of methoxy groups -OCH3 is 1. The Balaban J connectivity index is 1.84. The number of halogens is 1. The third-order valence-electron chi connectivity index (χ3n) is 2.36. The fourth-order valence-electron chi connectivity index (χ4n) is 1.47. The van der Waals surface area contributed by atoms with Gasteiger partial charge in [0, 0.05) is 17.9 Å². The maximum atomic E-state index is 5.70. The molecule has 0 N–H and O–H groups in total. The summed E-state index contributed by atoms with van der Waals surface area (Å²) in [5.41, 5.74) is 0.929. The van der Waals surface area contributed by atoms with Gasteiger partial charge in [0.05, 0.1) is 30.3 Å². The Morgan fingerprint density at radius 2 is 2.17 bits per heavy atom. The first-order chi connectivity index (χ1) is 8.81. The summed E-state index contributed by atoms with van der Waals surface area (Å²) in [4.78, 5) is 4.38. The molecule has 1 heterocycles. The van der Waals surface area contributed by atoms with Crippen molar-refractivity contribution in [2.75, 3.05) is 13.7 Å². The van der Waals surface area contributed by atoms with Gasteiger partial charge in [-0.15, -0.1) is 22.9 Å². The Labute approximate surface area is 115 Å². The molecule has 0 saturated heterocycles. The molecular formula is C13H14ClNO2S. The van der Waals surface area contributed by atoms with Crippen molar-refractivity contribution in [3.8, 4) is 11.5 Å². The summed E-state index contributed by atoms with van der Waals surface area (Å²) < 4.78 is 10.8. The predicted octanol–water partition coefficient (Wildman–Crippen LogP) is 3.51. The molecule has 5 heteroatoms. The van der Waals surface area contributed by atoms with Crippen LogP contribution >= 0.6 is 22.9 Å². The van der Waals surface area contributed by atoms with E-state index in [9.17, 15) is 0 Å². The molecular weight excluding hydrogens is 270 g/mol. The van der Waals surface area contributed by atoms with Crippen molar-refractivity contribution in [2.45, 2.75) is 12.3 Å². The summed E-state index contributed by atoms with van der Waals surface area (Å²) in [5, 5.41) is 3.03.